The highest BCUT2D eigenvalue weighted by molar-refractivity contribution is 6.33. The van der Waals surface area contributed by atoms with Gasteiger partial charge in [-0.1, -0.05) is 11.6 Å². The van der Waals surface area contributed by atoms with Crippen LogP contribution in [0.3, 0.4) is 0 Å². The number of amides is 2. The van der Waals surface area contributed by atoms with Gasteiger partial charge in [0.2, 0.25) is 11.7 Å². The molecular formula is C35H31ClF3N9O5. The minimum absolute atomic E-state index is 0.0110. The molecule has 3 aromatic heterocycles. The molecule has 0 radical (unpaired) electrons. The number of ether oxygens (including phenoxy) is 1. The van der Waals surface area contributed by atoms with Crippen LogP contribution in [0.15, 0.2) is 47.5 Å². The zero-order valence-corrected chi connectivity index (χ0v) is 28.9. The number of halogens is 4. The van der Waals surface area contributed by atoms with Gasteiger partial charge in [-0.15, -0.1) is 5.10 Å². The number of anilines is 2. The van der Waals surface area contributed by atoms with Gasteiger partial charge in [-0.3, -0.25) is 14.4 Å². The molecule has 1 saturated carbocycles. The van der Waals surface area contributed by atoms with Gasteiger partial charge in [0, 0.05) is 44.1 Å². The Bertz CT molecular complexity index is 2370. The van der Waals surface area contributed by atoms with Crippen molar-refractivity contribution >= 4 is 40.6 Å². The van der Waals surface area contributed by atoms with Crippen molar-refractivity contribution in [2.75, 3.05) is 43.0 Å². The Labute approximate surface area is 303 Å². The first kappa shape index (κ1) is 34.4. The average molecular weight is 750 g/mol. The van der Waals surface area contributed by atoms with Crippen LogP contribution in [0, 0.1) is 6.92 Å². The monoisotopic (exact) mass is 749 g/mol. The molecule has 8 rings (SSSR count). The molecule has 0 bridgehead atoms. The summed E-state index contributed by atoms with van der Waals surface area (Å²) in [6, 6.07) is 8.18. The average Bonchev–Trinajstić information content (AvgIpc) is 3.68. The van der Waals surface area contributed by atoms with E-state index in [1.807, 2.05) is 17.0 Å². The van der Waals surface area contributed by atoms with Crippen LogP contribution in [0.25, 0.3) is 17.2 Å². The van der Waals surface area contributed by atoms with Crippen molar-refractivity contribution in [1.29, 1.82) is 0 Å². The topological polar surface area (TPSA) is 160 Å². The summed E-state index contributed by atoms with van der Waals surface area (Å²) in [6.45, 7) is 2.66. The molecule has 5 heterocycles. The molecule has 0 spiro atoms. The van der Waals surface area contributed by atoms with Crippen LogP contribution in [0.1, 0.15) is 51.8 Å². The summed E-state index contributed by atoms with van der Waals surface area (Å²) in [5.41, 5.74) is 1.25. The number of hydrogen-bond donors (Lipinski definition) is 2. The molecule has 0 unspecified atom stereocenters. The molecule has 1 aliphatic carbocycles. The Hall–Kier alpha value is -5.71. The Balaban J connectivity index is 1.17. The molecule has 2 fully saturated rings. The van der Waals surface area contributed by atoms with Crippen LogP contribution in [0.2, 0.25) is 5.02 Å². The molecule has 53 heavy (non-hydrogen) atoms. The summed E-state index contributed by atoms with van der Waals surface area (Å²) in [7, 11) is 0. The van der Waals surface area contributed by atoms with Crippen LogP contribution < -0.4 is 20.5 Å². The number of aromatic nitrogens is 6. The highest BCUT2D eigenvalue weighted by Gasteiger charge is 2.37. The Morgan fingerprint density at radius 3 is 2.57 bits per heavy atom. The van der Waals surface area contributed by atoms with E-state index in [-0.39, 0.29) is 78.1 Å². The van der Waals surface area contributed by atoms with Crippen molar-refractivity contribution in [3.05, 3.63) is 86.3 Å². The second-order valence-electron chi connectivity index (χ2n) is 13.1. The highest BCUT2D eigenvalue weighted by Crippen LogP contribution is 2.44. The van der Waals surface area contributed by atoms with Gasteiger partial charge in [0.25, 0.3) is 11.5 Å². The van der Waals surface area contributed by atoms with Crippen molar-refractivity contribution in [3.63, 3.8) is 0 Å². The van der Waals surface area contributed by atoms with Crippen LogP contribution in [0.5, 0.6) is 11.5 Å². The van der Waals surface area contributed by atoms with Gasteiger partial charge in [0.1, 0.15) is 24.3 Å². The van der Waals surface area contributed by atoms with Crippen LogP contribution in [0.4, 0.5) is 24.5 Å². The van der Waals surface area contributed by atoms with Crippen LogP contribution in [-0.2, 0) is 23.9 Å². The van der Waals surface area contributed by atoms with Crippen molar-refractivity contribution in [2.45, 2.75) is 44.8 Å². The van der Waals surface area contributed by atoms with Crippen molar-refractivity contribution in [2.24, 2.45) is 0 Å². The molecule has 0 atom stereocenters. The Kier molecular flexibility index (Phi) is 8.47. The molecule has 18 heteroatoms. The zero-order valence-electron chi connectivity index (χ0n) is 28.2. The maximum absolute atomic E-state index is 14.5. The number of aromatic hydroxyl groups is 1. The second-order valence-corrected chi connectivity index (χ2v) is 13.6. The largest absolute Gasteiger partial charge is 0.504 e. The Morgan fingerprint density at radius 2 is 1.85 bits per heavy atom. The summed E-state index contributed by atoms with van der Waals surface area (Å²) in [4.78, 5) is 57.5. The third kappa shape index (κ3) is 6.38. The fourth-order valence-electron chi connectivity index (χ4n) is 6.76. The molecule has 2 N–H and O–H groups in total. The summed E-state index contributed by atoms with van der Waals surface area (Å²) in [5, 5.41) is 17.4. The van der Waals surface area contributed by atoms with E-state index in [9.17, 15) is 32.7 Å². The van der Waals surface area contributed by atoms with E-state index in [0.29, 0.717) is 30.0 Å². The number of rotatable bonds is 7. The van der Waals surface area contributed by atoms with E-state index in [0.717, 1.165) is 46.9 Å². The summed E-state index contributed by atoms with van der Waals surface area (Å²) >= 11 is 6.16. The Morgan fingerprint density at radius 1 is 1.08 bits per heavy atom. The summed E-state index contributed by atoms with van der Waals surface area (Å²) < 4.78 is 48.3. The van der Waals surface area contributed by atoms with Gasteiger partial charge in [0.05, 0.1) is 34.3 Å². The molecule has 2 aromatic carbocycles. The van der Waals surface area contributed by atoms with Gasteiger partial charge in [0.15, 0.2) is 17.3 Å². The first-order chi connectivity index (χ1) is 25.4. The van der Waals surface area contributed by atoms with Gasteiger partial charge < -0.3 is 29.5 Å². The van der Waals surface area contributed by atoms with E-state index in [1.165, 1.54) is 11.2 Å². The van der Waals surface area contributed by atoms with Crippen molar-refractivity contribution < 1.29 is 32.6 Å². The molecule has 2 aliphatic heterocycles. The SMILES string of the molecule is Cc1ncnc(C(=O)N2CCN(c3c(C4CC4)n(CC(=O)Nc4ccc(C(F)(F)F)cc4Cl)c4nc(-c5ccc6c(c5)CCO6)nn4c3=O)CC2)c1O. The van der Waals surface area contributed by atoms with Gasteiger partial charge in [-0.25, -0.2) is 9.97 Å². The number of benzene rings is 2. The lowest BCUT2D eigenvalue weighted by molar-refractivity contribution is -0.137. The van der Waals surface area contributed by atoms with E-state index in [4.69, 9.17) is 21.3 Å². The van der Waals surface area contributed by atoms with Gasteiger partial charge in [-0.05, 0) is 61.7 Å². The van der Waals surface area contributed by atoms with Crippen molar-refractivity contribution in [3.8, 4) is 22.9 Å². The fourth-order valence-corrected chi connectivity index (χ4v) is 6.99. The first-order valence-corrected chi connectivity index (χ1v) is 17.3. The third-order valence-electron chi connectivity index (χ3n) is 9.63. The second kappa shape index (κ2) is 13.1. The molecule has 2 amide bonds. The molecule has 274 valence electrons. The maximum Gasteiger partial charge on any atom is 0.416 e. The van der Waals surface area contributed by atoms with E-state index in [1.54, 1.807) is 17.6 Å². The minimum atomic E-state index is -4.62. The third-order valence-corrected chi connectivity index (χ3v) is 9.95. The van der Waals surface area contributed by atoms with E-state index < -0.39 is 29.1 Å². The number of nitrogens with one attached hydrogen (secondary N) is 1. The number of aryl methyl sites for hydroxylation is 1. The number of piperazine rings is 1. The predicted molar refractivity (Wildman–Crippen MR) is 185 cm³/mol. The molecule has 1 saturated heterocycles. The van der Waals surface area contributed by atoms with E-state index >= 15 is 0 Å². The molecule has 3 aliphatic rings. The normalized spacial score (nSPS) is 15.8. The number of carbonyl (C=O) groups excluding carboxylic acids is 2. The maximum atomic E-state index is 14.5. The number of hydrogen-bond acceptors (Lipinski definition) is 10. The number of alkyl halides is 3. The minimum Gasteiger partial charge on any atom is -0.504 e. The first-order valence-electron chi connectivity index (χ1n) is 16.9. The lowest BCUT2D eigenvalue weighted by Crippen LogP contribution is -2.51. The fraction of sp³-hybridized carbons (Fsp3) is 0.343. The van der Waals surface area contributed by atoms with Crippen LogP contribution in [-0.4, -0.2) is 83.7 Å². The summed E-state index contributed by atoms with van der Waals surface area (Å²) in [6.07, 6.45) is -1.22. The van der Waals surface area contributed by atoms with Crippen LogP contribution >= 0.6 is 11.6 Å². The number of nitrogens with zero attached hydrogens (tertiary/aromatic N) is 8. The smallest absolute Gasteiger partial charge is 0.416 e. The standard InChI is InChI=1S/C35H31ClF3N9O5/c1-18-30(50)27(41-17-40-18)32(51)46-11-9-45(10-12-46)29-28(19-2-3-19)47(16-26(49)42-24-6-5-22(15-23(24)36)35(37,38)39)34-43-31(44-48(34)33(29)52)21-4-7-25-20(14-21)8-13-53-25/h4-7,14-15,17,19,50H,2-3,8-13,16H2,1H3,(H,42,49). The highest BCUT2D eigenvalue weighted by atomic mass is 35.5. The molecule has 5 aromatic rings. The summed E-state index contributed by atoms with van der Waals surface area (Å²) in [5.74, 6) is -0.338. The molecule has 14 nitrogen and oxygen atoms in total. The zero-order chi connectivity index (χ0) is 37.2. The quantitative estimate of drug-likeness (QED) is 0.244. The predicted octanol–water partition coefficient (Wildman–Crippen LogP) is 4.45. The lowest BCUT2D eigenvalue weighted by atomic mass is 10.1. The van der Waals surface area contributed by atoms with E-state index in [2.05, 4.69) is 20.4 Å². The number of fused-ring (bicyclic) bond motifs is 2. The van der Waals surface area contributed by atoms with Gasteiger partial charge in [-0.2, -0.15) is 22.7 Å². The van der Waals surface area contributed by atoms with Crippen molar-refractivity contribution in [1.82, 2.24) is 34.0 Å². The van der Waals surface area contributed by atoms with Gasteiger partial charge >= 0.3 is 6.18 Å². The lowest BCUT2D eigenvalue weighted by Gasteiger charge is -2.36. The molecular weight excluding hydrogens is 719 g/mol. The number of carbonyl (C=O) groups is 2.